The molecule has 0 atom stereocenters. The van der Waals surface area contributed by atoms with Crippen molar-refractivity contribution in [3.05, 3.63) is 0 Å². The zero-order valence-corrected chi connectivity index (χ0v) is 15.1. The van der Waals surface area contributed by atoms with Gasteiger partial charge in [-0.25, -0.2) is 10.0 Å². The Morgan fingerprint density at radius 1 is 0.632 bits per heavy atom. The van der Waals surface area contributed by atoms with E-state index in [2.05, 4.69) is 5.43 Å². The maximum atomic E-state index is 8.00. The summed E-state index contributed by atoms with van der Waals surface area (Å²) in [6.45, 7) is 12.0. The molecule has 19 heavy (non-hydrogen) atoms. The van der Waals surface area contributed by atoms with Gasteiger partial charge in [-0.05, 0) is 7.05 Å². The standard InChI is InChI=1S/C4H12N2.C3H10N2.2C2H6.2CH2O/c1-5(2)6(3)4;1-4-5(2)3;4*1-2/h1-4H3;4H,1-3H3;2*1-2H3;2*1H2. The molecule has 0 aliphatic heterocycles. The molecule has 0 unspecified atom stereocenters. The van der Waals surface area contributed by atoms with Gasteiger partial charge in [0.2, 0.25) is 0 Å². The van der Waals surface area contributed by atoms with Crippen molar-refractivity contribution in [3.8, 4) is 0 Å². The first kappa shape index (κ1) is 36.2. The highest BCUT2D eigenvalue weighted by Crippen LogP contribution is 1.72. The van der Waals surface area contributed by atoms with Gasteiger partial charge in [0.15, 0.2) is 0 Å². The third-order valence-electron chi connectivity index (χ3n) is 1.25. The van der Waals surface area contributed by atoms with Crippen LogP contribution in [-0.4, -0.2) is 77.9 Å². The van der Waals surface area contributed by atoms with Crippen LogP contribution in [0.25, 0.3) is 0 Å². The van der Waals surface area contributed by atoms with Crippen LogP contribution in [0.3, 0.4) is 0 Å². The molecule has 0 fully saturated rings. The fraction of sp³-hybridized carbons (Fsp3) is 0.846. The highest BCUT2D eigenvalue weighted by Gasteiger charge is 1.84. The lowest BCUT2D eigenvalue weighted by Crippen LogP contribution is -2.28. The number of carbonyl (C=O) groups is 2. The van der Waals surface area contributed by atoms with Gasteiger partial charge in [0, 0.05) is 42.3 Å². The van der Waals surface area contributed by atoms with Crippen LogP contribution in [-0.2, 0) is 9.59 Å². The molecule has 6 nitrogen and oxygen atoms in total. The van der Waals surface area contributed by atoms with E-state index >= 15 is 0 Å². The Morgan fingerprint density at radius 3 is 0.737 bits per heavy atom. The average molecular weight is 282 g/mol. The Morgan fingerprint density at radius 2 is 0.737 bits per heavy atom. The van der Waals surface area contributed by atoms with E-state index in [1.807, 2.05) is 106 Å². The van der Waals surface area contributed by atoms with Crippen molar-refractivity contribution in [1.29, 1.82) is 0 Å². The Kier molecular flexibility index (Phi) is 102. The topological polar surface area (TPSA) is 55.9 Å². The highest BCUT2D eigenvalue weighted by molar-refractivity contribution is 5.11. The Balaban J connectivity index is -0.0000000294. The molecule has 0 aromatic heterocycles. The lowest BCUT2D eigenvalue weighted by Gasteiger charge is -2.17. The maximum absolute atomic E-state index is 8.00. The number of hydrogen-bond donors (Lipinski definition) is 1. The SMILES string of the molecule is C=O.C=O.CC.CC.CN(C)N(C)C.CNN(C)C. The number of hydrazine groups is 2. The largest absolute Gasteiger partial charge is 0.307 e. The van der Waals surface area contributed by atoms with Crippen molar-refractivity contribution in [1.82, 2.24) is 20.5 Å². The number of nitrogens with zero attached hydrogens (tertiary/aromatic N) is 3. The Bertz CT molecular complexity index is 94.6. The molecule has 0 saturated heterocycles. The summed E-state index contributed by atoms with van der Waals surface area (Å²) in [6, 6.07) is 0. The van der Waals surface area contributed by atoms with Gasteiger partial charge in [0.05, 0.1) is 0 Å². The third-order valence-corrected chi connectivity index (χ3v) is 1.25. The van der Waals surface area contributed by atoms with E-state index in [-0.39, 0.29) is 0 Å². The van der Waals surface area contributed by atoms with Crippen LogP contribution in [0, 0.1) is 0 Å². The number of nitrogens with one attached hydrogen (secondary N) is 1. The molecule has 122 valence electrons. The molecule has 0 saturated carbocycles. The normalized spacial score (nSPS) is 7.05. The minimum atomic E-state index is 1.88. The van der Waals surface area contributed by atoms with Crippen LogP contribution in [0.2, 0.25) is 0 Å². The second-order valence-corrected chi connectivity index (χ2v) is 2.81. The van der Waals surface area contributed by atoms with Crippen molar-refractivity contribution in [2.45, 2.75) is 27.7 Å². The van der Waals surface area contributed by atoms with Gasteiger partial charge in [-0.2, -0.15) is 0 Å². The zero-order valence-electron chi connectivity index (χ0n) is 15.1. The zero-order chi connectivity index (χ0) is 17.4. The molecule has 0 aromatic rings. The van der Waals surface area contributed by atoms with E-state index in [0.717, 1.165) is 0 Å². The van der Waals surface area contributed by atoms with Crippen LogP contribution in [0.5, 0.6) is 0 Å². The molecule has 1 N–H and O–H groups in total. The second-order valence-electron chi connectivity index (χ2n) is 2.81. The summed E-state index contributed by atoms with van der Waals surface area (Å²) in [4.78, 5) is 16.0. The van der Waals surface area contributed by atoms with E-state index in [1.54, 1.807) is 0 Å². The van der Waals surface area contributed by atoms with Crippen LogP contribution in [0.15, 0.2) is 0 Å². The Labute approximate surface area is 121 Å². The lowest BCUT2D eigenvalue weighted by atomic mass is 11.0. The lowest BCUT2D eigenvalue weighted by molar-refractivity contribution is -0.0987. The second kappa shape index (κ2) is 53.4. The fourth-order valence-corrected chi connectivity index (χ4v) is 0. The Hall–Kier alpha value is -0.820. The molecule has 0 bridgehead atoms. The molecule has 0 aliphatic carbocycles. The van der Waals surface area contributed by atoms with Crippen LogP contribution in [0.4, 0.5) is 0 Å². The first-order valence-electron chi connectivity index (χ1n) is 6.18. The van der Waals surface area contributed by atoms with E-state index in [4.69, 9.17) is 9.59 Å². The molecule has 0 rings (SSSR count). The molecule has 0 spiro atoms. The molecule has 0 aliphatic rings. The summed E-state index contributed by atoms with van der Waals surface area (Å²) in [5.74, 6) is 0. The van der Waals surface area contributed by atoms with Crippen LogP contribution >= 0.6 is 0 Å². The summed E-state index contributed by atoms with van der Waals surface area (Å²) < 4.78 is 0. The number of carbonyl (C=O) groups excluding carboxylic acids is 2. The quantitative estimate of drug-likeness (QED) is 0.773. The summed E-state index contributed by atoms with van der Waals surface area (Å²) in [5.41, 5.74) is 2.86. The fourth-order valence-electron chi connectivity index (χ4n) is 0. The summed E-state index contributed by atoms with van der Waals surface area (Å²) in [5, 5.41) is 5.88. The first-order valence-corrected chi connectivity index (χ1v) is 6.18. The predicted molar refractivity (Wildman–Crippen MR) is 87.1 cm³/mol. The van der Waals surface area contributed by atoms with Crippen LogP contribution < -0.4 is 5.43 Å². The van der Waals surface area contributed by atoms with Crippen molar-refractivity contribution in [2.24, 2.45) is 0 Å². The van der Waals surface area contributed by atoms with Gasteiger partial charge >= 0.3 is 0 Å². The van der Waals surface area contributed by atoms with Gasteiger partial charge in [-0.15, -0.1) is 0 Å². The molecule has 0 aromatic carbocycles. The molecule has 6 heteroatoms. The molecular weight excluding hydrogens is 244 g/mol. The molecular formula is C13H38N4O2. The third kappa shape index (κ3) is 148. The van der Waals surface area contributed by atoms with E-state index in [0.29, 0.717) is 0 Å². The van der Waals surface area contributed by atoms with E-state index < -0.39 is 0 Å². The summed E-state index contributed by atoms with van der Waals surface area (Å²) in [6.07, 6.45) is 0. The smallest absolute Gasteiger partial charge is 0.106 e. The first-order chi connectivity index (χ1) is 8.91. The van der Waals surface area contributed by atoms with Gasteiger partial charge in [-0.3, -0.25) is 10.4 Å². The van der Waals surface area contributed by atoms with Gasteiger partial charge in [-0.1, -0.05) is 27.7 Å². The van der Waals surface area contributed by atoms with Gasteiger partial charge < -0.3 is 9.59 Å². The van der Waals surface area contributed by atoms with Crippen molar-refractivity contribution >= 4 is 13.6 Å². The summed E-state index contributed by atoms with van der Waals surface area (Å²) >= 11 is 0. The molecule has 0 radical (unpaired) electrons. The van der Waals surface area contributed by atoms with Crippen molar-refractivity contribution < 1.29 is 9.59 Å². The predicted octanol–water partition coefficient (Wildman–Crippen LogP) is 1.39. The minimum Gasteiger partial charge on any atom is -0.307 e. The van der Waals surface area contributed by atoms with E-state index in [1.165, 1.54) is 0 Å². The van der Waals surface area contributed by atoms with Gasteiger partial charge in [0.25, 0.3) is 0 Å². The highest BCUT2D eigenvalue weighted by atomic mass is 16.1. The number of hydrogen-bond acceptors (Lipinski definition) is 6. The molecule has 0 amide bonds. The molecule has 0 heterocycles. The van der Waals surface area contributed by atoms with Crippen molar-refractivity contribution in [3.63, 3.8) is 0 Å². The number of rotatable bonds is 2. The average Bonchev–Trinajstić information content (AvgIpc) is 2.48. The minimum absolute atomic E-state index is 1.88. The van der Waals surface area contributed by atoms with Crippen LogP contribution in [0.1, 0.15) is 27.7 Å². The summed E-state index contributed by atoms with van der Waals surface area (Å²) in [7, 11) is 13.8. The van der Waals surface area contributed by atoms with Crippen molar-refractivity contribution in [2.75, 3.05) is 49.3 Å². The maximum Gasteiger partial charge on any atom is 0.106 e. The van der Waals surface area contributed by atoms with Gasteiger partial charge in [0.1, 0.15) is 13.6 Å². The monoisotopic (exact) mass is 282 g/mol. The van der Waals surface area contributed by atoms with E-state index in [9.17, 15) is 0 Å².